The van der Waals surface area contributed by atoms with Crippen molar-refractivity contribution in [3.05, 3.63) is 71.0 Å². The molecule has 0 atom stereocenters. The van der Waals surface area contributed by atoms with Crippen molar-refractivity contribution in [3.63, 3.8) is 0 Å². The number of amides is 2. The fraction of sp³-hybridized carbons (Fsp3) is 0.222. The van der Waals surface area contributed by atoms with E-state index in [1.165, 1.54) is 25.1 Å². The SMILES string of the molecule is CC(=O)c1ccc(F)c(-c2ccc(C(N)=O)c3[nH]c4cc(C(=O)N5CCN(C)CC5)ccc4c23)c1. The van der Waals surface area contributed by atoms with Gasteiger partial charge in [0.25, 0.3) is 11.8 Å². The molecule has 3 aromatic carbocycles. The lowest BCUT2D eigenvalue weighted by Crippen LogP contribution is -2.47. The number of benzene rings is 3. The number of carbonyl (C=O) groups excluding carboxylic acids is 3. The molecule has 1 saturated heterocycles. The molecular weight excluding hydrogens is 447 g/mol. The predicted octanol–water partition coefficient (Wildman–Crippen LogP) is 3.82. The molecule has 0 spiro atoms. The minimum Gasteiger partial charge on any atom is -0.366 e. The van der Waals surface area contributed by atoms with Crippen LogP contribution in [0.1, 0.15) is 38.0 Å². The molecule has 8 heteroatoms. The highest BCUT2D eigenvalue weighted by molar-refractivity contribution is 6.20. The number of hydrogen-bond acceptors (Lipinski definition) is 4. The molecule has 0 saturated carbocycles. The van der Waals surface area contributed by atoms with Crippen molar-refractivity contribution in [2.45, 2.75) is 6.92 Å². The third kappa shape index (κ3) is 3.95. The van der Waals surface area contributed by atoms with Gasteiger partial charge < -0.3 is 20.5 Å². The van der Waals surface area contributed by atoms with E-state index in [-0.39, 0.29) is 22.8 Å². The fourth-order valence-electron chi connectivity index (χ4n) is 4.72. The summed E-state index contributed by atoms with van der Waals surface area (Å²) in [7, 11) is 2.03. The Morgan fingerprint density at radius 3 is 2.31 bits per heavy atom. The van der Waals surface area contributed by atoms with Gasteiger partial charge in [-0.1, -0.05) is 12.1 Å². The minimum atomic E-state index is -0.625. The monoisotopic (exact) mass is 472 g/mol. The Balaban J connectivity index is 1.70. The second kappa shape index (κ2) is 8.63. The molecule has 0 radical (unpaired) electrons. The molecule has 3 N–H and O–H groups in total. The van der Waals surface area contributed by atoms with Crippen molar-refractivity contribution in [3.8, 4) is 11.1 Å². The highest BCUT2D eigenvalue weighted by Gasteiger charge is 2.23. The van der Waals surface area contributed by atoms with Crippen molar-refractivity contribution in [2.75, 3.05) is 33.2 Å². The van der Waals surface area contributed by atoms with Gasteiger partial charge in [-0.15, -0.1) is 0 Å². The van der Waals surface area contributed by atoms with Gasteiger partial charge in [-0.2, -0.15) is 0 Å². The Morgan fingerprint density at radius 2 is 1.63 bits per heavy atom. The van der Waals surface area contributed by atoms with Gasteiger partial charge in [0.2, 0.25) is 0 Å². The molecule has 2 amide bonds. The zero-order chi connectivity index (χ0) is 24.9. The lowest BCUT2D eigenvalue weighted by Gasteiger charge is -2.32. The summed E-state index contributed by atoms with van der Waals surface area (Å²) in [5, 5.41) is 1.33. The number of aromatic amines is 1. The molecule has 2 heterocycles. The molecule has 35 heavy (non-hydrogen) atoms. The molecule has 5 rings (SSSR count). The Morgan fingerprint density at radius 1 is 0.914 bits per heavy atom. The number of rotatable bonds is 4. The van der Waals surface area contributed by atoms with Gasteiger partial charge in [-0.05, 0) is 55.9 Å². The van der Waals surface area contributed by atoms with Gasteiger partial charge >= 0.3 is 0 Å². The number of nitrogens with zero attached hydrogens (tertiary/aromatic N) is 2. The zero-order valence-electron chi connectivity index (χ0n) is 19.5. The molecule has 1 aromatic heterocycles. The number of nitrogens with two attached hydrogens (primary N) is 1. The van der Waals surface area contributed by atoms with Crippen molar-refractivity contribution in [2.24, 2.45) is 5.73 Å². The number of piperazine rings is 1. The van der Waals surface area contributed by atoms with Crippen LogP contribution in [0.15, 0.2) is 48.5 Å². The Kier molecular flexibility index (Phi) is 5.61. The van der Waals surface area contributed by atoms with Crippen LogP contribution in [0, 0.1) is 5.82 Å². The average Bonchev–Trinajstić information content (AvgIpc) is 3.22. The Bertz CT molecular complexity index is 1520. The summed E-state index contributed by atoms with van der Waals surface area (Å²) in [4.78, 5) is 44.5. The van der Waals surface area contributed by atoms with E-state index in [4.69, 9.17) is 5.73 Å². The number of fused-ring (bicyclic) bond motifs is 3. The topological polar surface area (TPSA) is 99.5 Å². The summed E-state index contributed by atoms with van der Waals surface area (Å²) in [6.45, 7) is 4.37. The lowest BCUT2D eigenvalue weighted by molar-refractivity contribution is 0.0664. The molecule has 1 aliphatic rings. The number of hydrogen-bond donors (Lipinski definition) is 2. The zero-order valence-corrected chi connectivity index (χ0v) is 19.5. The maximum atomic E-state index is 14.9. The summed E-state index contributed by atoms with van der Waals surface area (Å²) in [5.74, 6) is -1.35. The van der Waals surface area contributed by atoms with Crippen LogP contribution in [0.5, 0.6) is 0 Å². The number of H-pyrrole nitrogens is 1. The molecule has 0 aliphatic carbocycles. The van der Waals surface area contributed by atoms with Gasteiger partial charge in [0.1, 0.15) is 5.82 Å². The minimum absolute atomic E-state index is 0.0609. The van der Waals surface area contributed by atoms with E-state index >= 15 is 0 Å². The van der Waals surface area contributed by atoms with Crippen LogP contribution in [0.3, 0.4) is 0 Å². The number of nitrogens with one attached hydrogen (secondary N) is 1. The largest absolute Gasteiger partial charge is 0.366 e. The van der Waals surface area contributed by atoms with Gasteiger partial charge in [0.05, 0.1) is 11.1 Å². The number of ketones is 1. The van der Waals surface area contributed by atoms with Crippen molar-refractivity contribution in [1.82, 2.24) is 14.8 Å². The highest BCUT2D eigenvalue weighted by Crippen LogP contribution is 2.38. The van der Waals surface area contributed by atoms with E-state index < -0.39 is 11.7 Å². The summed E-state index contributed by atoms with van der Waals surface area (Å²) in [6.07, 6.45) is 0. The van der Waals surface area contributed by atoms with Crippen molar-refractivity contribution >= 4 is 39.4 Å². The lowest BCUT2D eigenvalue weighted by atomic mass is 9.94. The first-order valence-corrected chi connectivity index (χ1v) is 11.4. The number of aromatic nitrogens is 1. The second-order valence-electron chi connectivity index (χ2n) is 9.01. The maximum Gasteiger partial charge on any atom is 0.254 e. The van der Waals surface area contributed by atoms with E-state index in [1.807, 2.05) is 11.9 Å². The molecule has 1 fully saturated rings. The molecule has 0 bridgehead atoms. The first-order valence-electron chi connectivity index (χ1n) is 11.4. The molecule has 1 aliphatic heterocycles. The van der Waals surface area contributed by atoms with Crippen LogP contribution < -0.4 is 5.73 Å². The van der Waals surface area contributed by atoms with E-state index in [9.17, 15) is 18.8 Å². The predicted molar refractivity (Wildman–Crippen MR) is 133 cm³/mol. The summed E-state index contributed by atoms with van der Waals surface area (Å²) >= 11 is 0. The number of Topliss-reactive ketones (excluding diaryl/α,β-unsaturated/α-hetero) is 1. The normalized spacial score (nSPS) is 14.5. The standard InChI is InChI=1S/C27H25FN4O3/c1-15(33)16-4-8-22(28)21(13-16)18-6-7-20(26(29)34)25-24(18)19-5-3-17(14-23(19)30-25)27(35)32-11-9-31(2)10-12-32/h3-8,13-14,30H,9-12H2,1-2H3,(H2,29,34). The van der Waals surface area contributed by atoms with Crippen LogP contribution in [0.2, 0.25) is 0 Å². The highest BCUT2D eigenvalue weighted by atomic mass is 19.1. The van der Waals surface area contributed by atoms with Crippen molar-refractivity contribution < 1.29 is 18.8 Å². The van der Waals surface area contributed by atoms with Crippen LogP contribution in [0.25, 0.3) is 32.9 Å². The first-order chi connectivity index (χ1) is 16.7. The number of carbonyl (C=O) groups is 3. The molecule has 4 aromatic rings. The summed E-state index contributed by atoms with van der Waals surface area (Å²) in [6, 6.07) is 12.7. The van der Waals surface area contributed by atoms with Gasteiger partial charge in [0.15, 0.2) is 5.78 Å². The Hall–Kier alpha value is -4.04. The molecular formula is C27H25FN4O3. The van der Waals surface area contributed by atoms with E-state index in [0.29, 0.717) is 46.2 Å². The average molecular weight is 473 g/mol. The summed E-state index contributed by atoms with van der Waals surface area (Å²) in [5.41, 5.74) is 8.67. The van der Waals surface area contributed by atoms with Crippen LogP contribution >= 0.6 is 0 Å². The smallest absolute Gasteiger partial charge is 0.254 e. The quantitative estimate of drug-likeness (QED) is 0.441. The second-order valence-corrected chi connectivity index (χ2v) is 9.01. The Labute approximate surface area is 201 Å². The van der Waals surface area contributed by atoms with E-state index in [0.717, 1.165) is 18.5 Å². The van der Waals surface area contributed by atoms with E-state index in [2.05, 4.69) is 9.88 Å². The van der Waals surface area contributed by atoms with Gasteiger partial charge in [-0.25, -0.2) is 4.39 Å². The van der Waals surface area contributed by atoms with Crippen molar-refractivity contribution in [1.29, 1.82) is 0 Å². The number of halogens is 1. The molecule has 178 valence electrons. The number of likely N-dealkylation sites (N-methyl/N-ethyl adjacent to an activating group) is 1. The van der Waals surface area contributed by atoms with Crippen LogP contribution in [0.4, 0.5) is 4.39 Å². The van der Waals surface area contributed by atoms with Gasteiger partial charge in [-0.3, -0.25) is 14.4 Å². The van der Waals surface area contributed by atoms with Crippen LogP contribution in [-0.2, 0) is 0 Å². The van der Waals surface area contributed by atoms with Crippen LogP contribution in [-0.4, -0.2) is 65.6 Å². The maximum absolute atomic E-state index is 14.9. The molecule has 7 nitrogen and oxygen atoms in total. The summed E-state index contributed by atoms with van der Waals surface area (Å²) < 4.78 is 14.9. The third-order valence-corrected chi connectivity index (χ3v) is 6.72. The number of primary amides is 1. The molecule has 0 unspecified atom stereocenters. The first kappa shape index (κ1) is 22.7. The fourth-order valence-corrected chi connectivity index (χ4v) is 4.72. The van der Waals surface area contributed by atoms with Gasteiger partial charge in [0, 0.05) is 59.2 Å². The van der Waals surface area contributed by atoms with E-state index in [1.54, 1.807) is 30.3 Å². The third-order valence-electron chi connectivity index (χ3n) is 6.72.